The van der Waals surface area contributed by atoms with Crippen molar-refractivity contribution in [1.82, 2.24) is 9.80 Å². The summed E-state index contributed by atoms with van der Waals surface area (Å²) in [7, 11) is 0. The second kappa shape index (κ2) is 23.2. The molecule has 2 amide bonds. The lowest BCUT2D eigenvalue weighted by molar-refractivity contribution is -0.139. The van der Waals surface area contributed by atoms with Crippen LogP contribution in [-0.2, 0) is 26.2 Å². The van der Waals surface area contributed by atoms with Crippen LogP contribution < -0.4 is 0 Å². The standard InChI is InChI=1S/C22H31F2NO2.C22H29F2NO2/c2*1-2-3-4-5-9-17-25-19(13-10-14-21(25)27)15-16-20(26)22(23,24)18-11-7-6-8-12-18/h6-8,11-12,15-16,19-20,26H,2-5,9-10,13-14,17H2,1H3;6-8,11-12,15-16,19H,2-5,9-10,13-14,17H2,1H3/b2*16-15+/t19-,20-;19-/m11/s1. The van der Waals surface area contributed by atoms with Gasteiger partial charge in [-0.1, -0.05) is 144 Å². The van der Waals surface area contributed by atoms with Crippen LogP contribution in [0.3, 0.4) is 0 Å². The molecule has 10 heteroatoms. The molecule has 0 aliphatic carbocycles. The number of hydrogen-bond donors (Lipinski definition) is 1. The van der Waals surface area contributed by atoms with Crippen LogP contribution in [-0.4, -0.2) is 63.8 Å². The molecule has 6 nitrogen and oxygen atoms in total. The largest absolute Gasteiger partial charge is 0.382 e. The Balaban J connectivity index is 0.000000290. The summed E-state index contributed by atoms with van der Waals surface area (Å²) in [4.78, 5) is 40.1. The van der Waals surface area contributed by atoms with Gasteiger partial charge in [0.05, 0.1) is 12.1 Å². The van der Waals surface area contributed by atoms with Crippen molar-refractivity contribution in [1.29, 1.82) is 0 Å². The Kier molecular flexibility index (Phi) is 19.2. The summed E-state index contributed by atoms with van der Waals surface area (Å²) in [6, 6.07) is 14.0. The van der Waals surface area contributed by atoms with Gasteiger partial charge in [-0.2, -0.15) is 17.6 Å². The topological polar surface area (TPSA) is 77.9 Å². The Morgan fingerprint density at radius 2 is 1.15 bits per heavy atom. The van der Waals surface area contributed by atoms with Gasteiger partial charge in [0.25, 0.3) is 0 Å². The third-order valence-electron chi connectivity index (χ3n) is 10.2. The van der Waals surface area contributed by atoms with E-state index in [-0.39, 0.29) is 35.0 Å². The fourth-order valence-corrected chi connectivity index (χ4v) is 6.92. The van der Waals surface area contributed by atoms with Gasteiger partial charge in [0, 0.05) is 37.1 Å². The number of ketones is 1. The average molecular weight is 757 g/mol. The summed E-state index contributed by atoms with van der Waals surface area (Å²) in [5, 5.41) is 10.0. The Labute approximate surface area is 319 Å². The molecule has 0 spiro atoms. The summed E-state index contributed by atoms with van der Waals surface area (Å²) in [5.41, 5.74) is -0.526. The second-order valence-corrected chi connectivity index (χ2v) is 14.4. The lowest BCUT2D eigenvalue weighted by Crippen LogP contribution is -2.43. The number of allylic oxidation sites excluding steroid dienone is 1. The van der Waals surface area contributed by atoms with E-state index in [9.17, 15) is 37.1 Å². The summed E-state index contributed by atoms with van der Waals surface area (Å²) in [6.45, 7) is 5.59. The first-order chi connectivity index (χ1) is 25.9. The van der Waals surface area contributed by atoms with Crippen LogP contribution >= 0.6 is 0 Å². The molecule has 2 saturated heterocycles. The van der Waals surface area contributed by atoms with Gasteiger partial charge in [0.15, 0.2) is 0 Å². The highest BCUT2D eigenvalue weighted by Gasteiger charge is 2.40. The lowest BCUT2D eigenvalue weighted by atomic mass is 9.98. The molecule has 0 unspecified atom stereocenters. The smallest absolute Gasteiger partial charge is 0.334 e. The molecule has 2 aliphatic rings. The van der Waals surface area contributed by atoms with Crippen LogP contribution in [0.5, 0.6) is 0 Å². The molecular formula is C44H60F4N2O4. The Morgan fingerprint density at radius 1 is 0.704 bits per heavy atom. The van der Waals surface area contributed by atoms with E-state index in [0.717, 1.165) is 76.4 Å². The van der Waals surface area contributed by atoms with Crippen molar-refractivity contribution >= 4 is 17.6 Å². The minimum Gasteiger partial charge on any atom is -0.382 e. The Hall–Kier alpha value is -3.79. The van der Waals surface area contributed by atoms with Crippen LogP contribution in [0.4, 0.5) is 17.6 Å². The van der Waals surface area contributed by atoms with E-state index in [4.69, 9.17) is 0 Å². The number of aliphatic hydroxyl groups excluding tert-OH is 1. The average Bonchev–Trinajstić information content (AvgIpc) is 3.18. The highest BCUT2D eigenvalue weighted by atomic mass is 19.3. The molecular weight excluding hydrogens is 696 g/mol. The van der Waals surface area contributed by atoms with E-state index in [2.05, 4.69) is 13.8 Å². The predicted molar refractivity (Wildman–Crippen MR) is 206 cm³/mol. The van der Waals surface area contributed by atoms with Crippen LogP contribution in [0.25, 0.3) is 0 Å². The second-order valence-electron chi connectivity index (χ2n) is 14.4. The zero-order chi connectivity index (χ0) is 39.4. The molecule has 2 aliphatic heterocycles. The number of benzene rings is 2. The highest BCUT2D eigenvalue weighted by molar-refractivity contribution is 5.96. The Morgan fingerprint density at radius 3 is 1.63 bits per heavy atom. The van der Waals surface area contributed by atoms with Gasteiger partial charge in [0.1, 0.15) is 6.10 Å². The minimum atomic E-state index is -3.55. The summed E-state index contributed by atoms with van der Waals surface area (Å²) < 4.78 is 57.5. The molecule has 2 fully saturated rings. The van der Waals surface area contributed by atoms with E-state index in [0.29, 0.717) is 32.4 Å². The predicted octanol–water partition coefficient (Wildman–Crippen LogP) is 10.3. The van der Waals surface area contributed by atoms with Gasteiger partial charge in [0.2, 0.25) is 17.6 Å². The van der Waals surface area contributed by atoms with Gasteiger partial charge in [-0.3, -0.25) is 14.4 Å². The van der Waals surface area contributed by atoms with Gasteiger partial charge in [-0.05, 0) is 44.6 Å². The molecule has 4 rings (SSSR count). The molecule has 54 heavy (non-hydrogen) atoms. The number of unbranched alkanes of at least 4 members (excludes halogenated alkanes) is 8. The van der Waals surface area contributed by atoms with Crippen LogP contribution in [0.1, 0.15) is 128 Å². The molecule has 3 atom stereocenters. The Bertz CT molecular complexity index is 1470. The maximum atomic E-state index is 14.4. The molecule has 0 aromatic heterocycles. The first-order valence-corrected chi connectivity index (χ1v) is 20.0. The first-order valence-electron chi connectivity index (χ1n) is 20.0. The quantitative estimate of drug-likeness (QED) is 0.0632. The zero-order valence-corrected chi connectivity index (χ0v) is 32.1. The number of halogens is 4. The number of carbonyl (C=O) groups excluding carboxylic acids is 3. The van der Waals surface area contributed by atoms with Crippen molar-refractivity contribution in [2.75, 3.05) is 13.1 Å². The molecule has 0 radical (unpaired) electrons. The zero-order valence-electron chi connectivity index (χ0n) is 32.1. The van der Waals surface area contributed by atoms with Crippen molar-refractivity contribution in [3.05, 3.63) is 96.1 Å². The van der Waals surface area contributed by atoms with E-state index >= 15 is 0 Å². The fraction of sp³-hybridized carbons (Fsp3) is 0.568. The first kappa shape index (κ1) is 44.6. The van der Waals surface area contributed by atoms with Crippen molar-refractivity contribution in [2.45, 2.75) is 147 Å². The van der Waals surface area contributed by atoms with E-state index in [1.807, 2.05) is 0 Å². The number of nitrogens with zero attached hydrogens (tertiary/aromatic N) is 2. The normalized spacial score (nSPS) is 18.9. The monoisotopic (exact) mass is 756 g/mol. The molecule has 2 aromatic carbocycles. The summed E-state index contributed by atoms with van der Waals surface area (Å²) in [6.07, 6.45) is 18.2. The van der Waals surface area contributed by atoms with Crippen molar-refractivity contribution < 1.29 is 37.1 Å². The van der Waals surface area contributed by atoms with Gasteiger partial charge in [-0.25, -0.2) is 0 Å². The molecule has 2 heterocycles. The number of alkyl halides is 4. The fourth-order valence-electron chi connectivity index (χ4n) is 6.92. The third kappa shape index (κ3) is 13.8. The molecule has 2 aromatic rings. The number of amides is 2. The maximum absolute atomic E-state index is 14.4. The lowest BCUT2D eigenvalue weighted by Gasteiger charge is -2.34. The number of carbonyl (C=O) groups is 3. The molecule has 0 bridgehead atoms. The maximum Gasteiger partial charge on any atom is 0.334 e. The minimum absolute atomic E-state index is 0.0497. The van der Waals surface area contributed by atoms with Gasteiger partial charge in [-0.15, -0.1) is 0 Å². The van der Waals surface area contributed by atoms with E-state index in [1.54, 1.807) is 28.0 Å². The van der Waals surface area contributed by atoms with Crippen molar-refractivity contribution in [3.63, 3.8) is 0 Å². The molecule has 1 N–H and O–H groups in total. The number of likely N-dealkylation sites (tertiary alicyclic amines) is 2. The van der Waals surface area contributed by atoms with Crippen LogP contribution in [0.15, 0.2) is 85.0 Å². The third-order valence-corrected chi connectivity index (χ3v) is 10.2. The SMILES string of the molecule is CCCCCCCN1C(=O)CCC[C@@H]1/C=C/C(=O)C(F)(F)c1ccccc1.CCCCCCCN1C(=O)CCC[C@@H]1/C=C/[C@@H](O)C(F)(F)c1ccccc1. The van der Waals surface area contributed by atoms with Crippen molar-refractivity contribution in [2.24, 2.45) is 0 Å². The molecule has 298 valence electrons. The summed E-state index contributed by atoms with van der Waals surface area (Å²) in [5.74, 6) is -8.03. The number of aliphatic hydroxyl groups is 1. The van der Waals surface area contributed by atoms with Crippen LogP contribution in [0, 0.1) is 0 Å². The van der Waals surface area contributed by atoms with E-state index < -0.39 is 23.7 Å². The number of rotatable bonds is 20. The number of hydrogen-bond acceptors (Lipinski definition) is 4. The van der Waals surface area contributed by atoms with Crippen molar-refractivity contribution in [3.8, 4) is 0 Å². The van der Waals surface area contributed by atoms with E-state index in [1.165, 1.54) is 73.9 Å². The van der Waals surface area contributed by atoms with Gasteiger partial charge < -0.3 is 14.9 Å². The number of piperidine rings is 2. The highest BCUT2D eigenvalue weighted by Crippen LogP contribution is 2.33. The van der Waals surface area contributed by atoms with Gasteiger partial charge >= 0.3 is 11.8 Å². The van der Waals surface area contributed by atoms with Crippen LogP contribution in [0.2, 0.25) is 0 Å². The molecule has 0 saturated carbocycles. The summed E-state index contributed by atoms with van der Waals surface area (Å²) >= 11 is 0.